The standard InChI is InChI=1S/C20H28N6O3/c1-13-14(2)22-20(23-19(13)28)26-16(4)17(15(3)24-26)5-6-18(27)21-7-8-25-9-11-29-12-10-25/h1,5-12H2,2-4H3,(H,21,27). The zero-order valence-electron chi connectivity index (χ0n) is 17.3. The Morgan fingerprint density at radius 2 is 1.93 bits per heavy atom. The fourth-order valence-corrected chi connectivity index (χ4v) is 3.39. The number of ether oxygens (including phenoxy) is 1. The van der Waals surface area contributed by atoms with E-state index in [2.05, 4.69) is 31.9 Å². The molecular weight excluding hydrogens is 372 g/mol. The van der Waals surface area contributed by atoms with E-state index in [9.17, 15) is 9.59 Å². The predicted molar refractivity (Wildman–Crippen MR) is 110 cm³/mol. The molecule has 2 aliphatic heterocycles. The van der Waals surface area contributed by atoms with Gasteiger partial charge in [0.05, 0.1) is 30.2 Å². The number of amides is 2. The zero-order chi connectivity index (χ0) is 21.0. The van der Waals surface area contributed by atoms with Crippen molar-refractivity contribution >= 4 is 23.5 Å². The summed E-state index contributed by atoms with van der Waals surface area (Å²) < 4.78 is 6.89. The smallest absolute Gasteiger partial charge is 0.281 e. The van der Waals surface area contributed by atoms with Gasteiger partial charge in [-0.2, -0.15) is 10.1 Å². The number of aliphatic imine (C=N–C) groups is 2. The van der Waals surface area contributed by atoms with E-state index in [0.29, 0.717) is 30.7 Å². The van der Waals surface area contributed by atoms with Gasteiger partial charge in [0.15, 0.2) is 0 Å². The van der Waals surface area contributed by atoms with Gasteiger partial charge in [0.25, 0.3) is 11.9 Å². The van der Waals surface area contributed by atoms with Gasteiger partial charge in [-0.15, -0.1) is 0 Å². The number of aromatic nitrogens is 2. The Bertz CT molecular complexity index is 877. The molecule has 1 fully saturated rings. The minimum Gasteiger partial charge on any atom is -0.379 e. The lowest BCUT2D eigenvalue weighted by Crippen LogP contribution is -2.41. The monoisotopic (exact) mass is 400 g/mol. The highest BCUT2D eigenvalue weighted by atomic mass is 16.5. The van der Waals surface area contributed by atoms with Gasteiger partial charge in [-0.1, -0.05) is 6.58 Å². The summed E-state index contributed by atoms with van der Waals surface area (Å²) in [5, 5.41) is 7.45. The highest BCUT2D eigenvalue weighted by Gasteiger charge is 2.22. The second-order valence-corrected chi connectivity index (χ2v) is 7.26. The fraction of sp³-hybridized carbons (Fsp3) is 0.550. The fourth-order valence-electron chi connectivity index (χ4n) is 3.39. The van der Waals surface area contributed by atoms with Crippen molar-refractivity contribution in [2.75, 3.05) is 39.4 Å². The molecule has 9 nitrogen and oxygen atoms in total. The predicted octanol–water partition coefficient (Wildman–Crippen LogP) is 0.642. The van der Waals surface area contributed by atoms with Crippen LogP contribution >= 0.6 is 0 Å². The maximum atomic E-state index is 12.2. The molecule has 0 atom stereocenters. The van der Waals surface area contributed by atoms with Crippen LogP contribution in [0.4, 0.5) is 0 Å². The van der Waals surface area contributed by atoms with Crippen molar-refractivity contribution < 1.29 is 14.3 Å². The van der Waals surface area contributed by atoms with Crippen LogP contribution in [0.25, 0.3) is 0 Å². The number of carbonyl (C=O) groups is 2. The third-order valence-corrected chi connectivity index (χ3v) is 5.25. The van der Waals surface area contributed by atoms with Crippen LogP contribution in [0.15, 0.2) is 22.1 Å². The Morgan fingerprint density at radius 1 is 1.21 bits per heavy atom. The van der Waals surface area contributed by atoms with Crippen molar-refractivity contribution in [3.63, 3.8) is 0 Å². The Balaban J connectivity index is 1.56. The number of hydrogen-bond acceptors (Lipinski definition) is 6. The van der Waals surface area contributed by atoms with Crippen LogP contribution in [0.1, 0.15) is 30.3 Å². The molecule has 3 heterocycles. The molecule has 0 aliphatic carbocycles. The summed E-state index contributed by atoms with van der Waals surface area (Å²) in [5.74, 6) is -0.150. The molecule has 0 bridgehead atoms. The highest BCUT2D eigenvalue weighted by molar-refractivity contribution is 6.27. The molecule has 0 saturated carbocycles. The first-order valence-corrected chi connectivity index (χ1v) is 9.86. The maximum Gasteiger partial charge on any atom is 0.281 e. The molecule has 1 saturated heterocycles. The van der Waals surface area contributed by atoms with E-state index in [0.717, 1.165) is 49.8 Å². The van der Waals surface area contributed by atoms with Gasteiger partial charge in [0, 0.05) is 38.3 Å². The lowest BCUT2D eigenvalue weighted by Gasteiger charge is -2.26. The molecule has 9 heteroatoms. The van der Waals surface area contributed by atoms with Gasteiger partial charge in [0.1, 0.15) is 0 Å². The van der Waals surface area contributed by atoms with Gasteiger partial charge >= 0.3 is 0 Å². The van der Waals surface area contributed by atoms with E-state index in [1.165, 1.54) is 0 Å². The molecule has 1 aromatic rings. The first-order valence-electron chi connectivity index (χ1n) is 9.86. The van der Waals surface area contributed by atoms with Gasteiger partial charge < -0.3 is 10.1 Å². The van der Waals surface area contributed by atoms with Gasteiger partial charge in [-0.3, -0.25) is 14.5 Å². The normalized spacial score (nSPS) is 17.9. The minimum atomic E-state index is -0.402. The highest BCUT2D eigenvalue weighted by Crippen LogP contribution is 2.17. The molecule has 2 amide bonds. The molecule has 0 unspecified atom stereocenters. The molecule has 1 N–H and O–H groups in total. The summed E-state index contributed by atoms with van der Waals surface area (Å²) in [6, 6.07) is 0. The van der Waals surface area contributed by atoms with Crippen molar-refractivity contribution in [1.82, 2.24) is 20.0 Å². The quantitative estimate of drug-likeness (QED) is 0.707. The summed E-state index contributed by atoms with van der Waals surface area (Å²) >= 11 is 0. The van der Waals surface area contributed by atoms with Crippen LogP contribution in [0.5, 0.6) is 0 Å². The summed E-state index contributed by atoms with van der Waals surface area (Å²) in [6.45, 7) is 14.0. The molecule has 1 aromatic heterocycles. The van der Waals surface area contributed by atoms with Crippen LogP contribution in [0.2, 0.25) is 0 Å². The maximum absolute atomic E-state index is 12.2. The number of morpholine rings is 1. The van der Waals surface area contributed by atoms with E-state index < -0.39 is 5.91 Å². The van der Waals surface area contributed by atoms with E-state index in [1.807, 2.05) is 13.8 Å². The topological polar surface area (TPSA) is 101 Å². The minimum absolute atomic E-state index is 0.0140. The molecular formula is C20H28N6O3. The molecule has 0 spiro atoms. The second-order valence-electron chi connectivity index (χ2n) is 7.26. The van der Waals surface area contributed by atoms with Gasteiger partial charge in [-0.05, 0) is 32.8 Å². The Morgan fingerprint density at radius 3 is 2.62 bits per heavy atom. The van der Waals surface area contributed by atoms with E-state index in [1.54, 1.807) is 11.6 Å². The number of nitrogens with one attached hydrogen (secondary N) is 1. The number of carbonyl (C=O) groups excluding carboxylic acids is 2. The Hall–Kier alpha value is -2.65. The summed E-state index contributed by atoms with van der Waals surface area (Å²) in [6.07, 6.45) is 0.943. The first-order chi connectivity index (χ1) is 13.9. The third kappa shape index (κ3) is 5.04. The average Bonchev–Trinajstić information content (AvgIpc) is 2.98. The summed E-state index contributed by atoms with van der Waals surface area (Å²) in [5.41, 5.74) is 3.44. The SMILES string of the molecule is C=C1C(=O)N=C(n2nc(C)c(CCC(=O)NCCN3CCOCC3)c2C)N=C1C. The summed E-state index contributed by atoms with van der Waals surface area (Å²) in [7, 11) is 0. The van der Waals surface area contributed by atoms with Crippen molar-refractivity contribution in [2.24, 2.45) is 9.98 Å². The van der Waals surface area contributed by atoms with Crippen molar-refractivity contribution in [1.29, 1.82) is 0 Å². The second kappa shape index (κ2) is 9.23. The molecule has 156 valence electrons. The third-order valence-electron chi connectivity index (χ3n) is 5.25. The summed E-state index contributed by atoms with van der Waals surface area (Å²) in [4.78, 5) is 34.8. The number of rotatable bonds is 6. The van der Waals surface area contributed by atoms with Gasteiger partial charge in [0.2, 0.25) is 5.91 Å². The van der Waals surface area contributed by atoms with E-state index in [-0.39, 0.29) is 11.9 Å². The van der Waals surface area contributed by atoms with Crippen LogP contribution in [-0.2, 0) is 20.7 Å². The lowest BCUT2D eigenvalue weighted by atomic mass is 10.1. The number of hydrogen-bond donors (Lipinski definition) is 1. The van der Waals surface area contributed by atoms with Crippen LogP contribution in [0.3, 0.4) is 0 Å². The molecule has 3 rings (SSSR count). The number of nitrogens with zero attached hydrogens (tertiary/aromatic N) is 5. The van der Waals surface area contributed by atoms with Crippen molar-refractivity contribution in [2.45, 2.75) is 33.6 Å². The first kappa shape index (κ1) is 21.1. The average molecular weight is 400 g/mol. The Labute approximate surface area is 170 Å². The zero-order valence-corrected chi connectivity index (χ0v) is 17.3. The van der Waals surface area contributed by atoms with Crippen LogP contribution < -0.4 is 5.32 Å². The van der Waals surface area contributed by atoms with Crippen molar-refractivity contribution in [3.05, 3.63) is 29.1 Å². The molecule has 0 radical (unpaired) electrons. The number of aryl methyl sites for hydroxylation is 1. The largest absolute Gasteiger partial charge is 0.379 e. The van der Waals surface area contributed by atoms with E-state index >= 15 is 0 Å². The molecule has 29 heavy (non-hydrogen) atoms. The Kier molecular flexibility index (Phi) is 6.71. The van der Waals surface area contributed by atoms with Crippen molar-refractivity contribution in [3.8, 4) is 0 Å². The van der Waals surface area contributed by atoms with Crippen LogP contribution in [-0.4, -0.2) is 77.6 Å². The molecule has 2 aliphatic rings. The van der Waals surface area contributed by atoms with Crippen LogP contribution in [0, 0.1) is 13.8 Å². The molecule has 0 aromatic carbocycles. The lowest BCUT2D eigenvalue weighted by molar-refractivity contribution is -0.121. The van der Waals surface area contributed by atoms with E-state index in [4.69, 9.17) is 4.74 Å². The van der Waals surface area contributed by atoms with Gasteiger partial charge in [-0.25, -0.2) is 9.67 Å².